The van der Waals surface area contributed by atoms with Crippen LogP contribution in [-0.2, 0) is 6.42 Å². The number of ether oxygens (including phenoxy) is 1. The summed E-state index contributed by atoms with van der Waals surface area (Å²) in [5, 5.41) is 30.2. The molecule has 0 saturated carbocycles. The van der Waals surface area contributed by atoms with Crippen LogP contribution in [0.4, 0.5) is 0 Å². The number of benzene rings is 8. The highest BCUT2D eigenvalue weighted by atomic mass is 31.1. The number of aromatic nitrogens is 2. The van der Waals surface area contributed by atoms with E-state index in [0.717, 1.165) is 89.8 Å². The summed E-state index contributed by atoms with van der Waals surface area (Å²) in [5.41, 5.74) is 12.6. The molecule has 0 aliphatic carbocycles. The van der Waals surface area contributed by atoms with Crippen LogP contribution in [0.15, 0.2) is 164 Å². The number of fused-ring (bicyclic) bond motifs is 6. The van der Waals surface area contributed by atoms with Crippen LogP contribution in [-0.4, -0.2) is 45.4 Å². The summed E-state index contributed by atoms with van der Waals surface area (Å²) in [7, 11) is -0.0223. The van der Waals surface area contributed by atoms with Gasteiger partial charge in [-0.15, -0.1) is 7.92 Å². The monoisotopic (exact) mass is 842 g/mol. The molecule has 0 bridgehead atoms. The maximum Gasteiger partial charge on any atom is 0.147 e. The van der Waals surface area contributed by atoms with Crippen molar-refractivity contribution < 1.29 is 14.9 Å². The second-order valence-electron chi connectivity index (χ2n) is 17.1. The highest BCUT2D eigenvalue weighted by Crippen LogP contribution is 2.50. The zero-order valence-electron chi connectivity index (χ0n) is 36.3. The van der Waals surface area contributed by atoms with Gasteiger partial charge in [0, 0.05) is 43.8 Å². The fraction of sp³-hybridized carbons (Fsp3) is 0.158. The van der Waals surface area contributed by atoms with E-state index in [9.17, 15) is 10.2 Å². The first kappa shape index (κ1) is 40.3. The number of phenolic OH excluding ortho intramolecular Hbond substituents is 2. The highest BCUT2D eigenvalue weighted by Gasteiger charge is 2.26. The second kappa shape index (κ2) is 16.8. The summed E-state index contributed by atoms with van der Waals surface area (Å²) in [5.74, 6) is 0.980. The Hall–Kier alpha value is -6.81. The van der Waals surface area contributed by atoms with Crippen molar-refractivity contribution in [2.24, 2.45) is 0 Å². The van der Waals surface area contributed by atoms with E-state index in [2.05, 4.69) is 194 Å². The van der Waals surface area contributed by atoms with Crippen LogP contribution in [0.2, 0.25) is 0 Å². The van der Waals surface area contributed by atoms with Crippen LogP contribution in [0.5, 0.6) is 17.2 Å². The fourth-order valence-electron chi connectivity index (χ4n) is 9.52. The summed E-state index contributed by atoms with van der Waals surface area (Å²) in [6.07, 6.45) is 3.78. The van der Waals surface area contributed by atoms with E-state index < -0.39 is 0 Å². The van der Waals surface area contributed by atoms with Gasteiger partial charge in [0.1, 0.15) is 17.2 Å². The van der Waals surface area contributed by atoms with Crippen molar-refractivity contribution >= 4 is 51.5 Å². The van der Waals surface area contributed by atoms with Crippen LogP contribution in [0.3, 0.4) is 0 Å². The van der Waals surface area contributed by atoms with E-state index in [1.54, 1.807) is 0 Å². The van der Waals surface area contributed by atoms with Gasteiger partial charge in [-0.3, -0.25) is 0 Å². The van der Waals surface area contributed by atoms with Crippen LogP contribution in [0.25, 0.3) is 77.2 Å². The van der Waals surface area contributed by atoms with Crippen molar-refractivity contribution in [3.63, 3.8) is 0 Å². The third-order valence-electron chi connectivity index (χ3n) is 12.3. The first-order valence-corrected chi connectivity index (χ1v) is 24.3. The number of rotatable bonds is 12. The lowest BCUT2D eigenvalue weighted by atomic mass is 9.90. The number of hydrogen-bond donors (Lipinski definition) is 2. The lowest BCUT2D eigenvalue weighted by Gasteiger charge is -2.23. The van der Waals surface area contributed by atoms with Gasteiger partial charge in [0.15, 0.2) is 0 Å². The first-order chi connectivity index (χ1) is 30.7. The molecule has 0 fully saturated rings. The van der Waals surface area contributed by atoms with Crippen molar-refractivity contribution in [2.45, 2.75) is 33.1 Å². The van der Waals surface area contributed by atoms with Crippen LogP contribution in [0.1, 0.15) is 35.1 Å². The molecule has 0 aliphatic heterocycles. The molecule has 5 nitrogen and oxygen atoms in total. The third kappa shape index (κ3) is 7.41. The molecule has 8 aromatic carbocycles. The van der Waals surface area contributed by atoms with Crippen molar-refractivity contribution in [3.05, 3.63) is 186 Å². The number of para-hydroxylation sites is 4. The average molecular weight is 843 g/mol. The predicted octanol–water partition coefficient (Wildman–Crippen LogP) is 14.7. The predicted molar refractivity (Wildman–Crippen MR) is 266 cm³/mol. The number of aryl methyl sites for hydroxylation is 2. The summed E-state index contributed by atoms with van der Waals surface area (Å²) in [6.45, 7) is 9.33. The molecule has 10 aromatic rings. The van der Waals surface area contributed by atoms with Crippen molar-refractivity contribution in [3.8, 4) is 50.9 Å². The third-order valence-corrected chi connectivity index (χ3v) is 13.5. The van der Waals surface area contributed by atoms with Crippen LogP contribution >= 0.6 is 7.92 Å². The van der Waals surface area contributed by atoms with Crippen LogP contribution < -0.4 is 4.74 Å². The Bertz CT molecular complexity index is 3030. The molecule has 0 spiro atoms. The quantitative estimate of drug-likeness (QED) is 0.0951. The van der Waals surface area contributed by atoms with Gasteiger partial charge in [-0.1, -0.05) is 103 Å². The molecule has 2 aromatic heterocycles. The highest BCUT2D eigenvalue weighted by molar-refractivity contribution is 7.55. The first-order valence-electron chi connectivity index (χ1n) is 21.9. The van der Waals surface area contributed by atoms with Gasteiger partial charge in [-0.2, -0.15) is 0 Å². The minimum atomic E-state index is -0.0223. The Morgan fingerprint density at radius 3 is 1.30 bits per heavy atom. The van der Waals surface area contributed by atoms with E-state index in [1.165, 1.54) is 6.16 Å². The molecule has 0 aliphatic rings. The van der Waals surface area contributed by atoms with E-state index in [0.29, 0.717) is 41.3 Å². The van der Waals surface area contributed by atoms with Gasteiger partial charge in [-0.05, 0) is 136 Å². The van der Waals surface area contributed by atoms with Gasteiger partial charge in [0.05, 0.1) is 40.0 Å². The number of unbranched alkanes of at least 4 members (excludes halogenated alkanes) is 1. The van der Waals surface area contributed by atoms with Crippen molar-refractivity contribution in [2.75, 3.05) is 26.1 Å². The molecular formula is C57H51N2O3P. The second-order valence-corrected chi connectivity index (χ2v) is 19.7. The maximum atomic E-state index is 12.8. The lowest BCUT2D eigenvalue weighted by Crippen LogP contribution is -2.05. The number of phenols is 2. The molecule has 312 valence electrons. The number of nitrogens with zero attached hydrogens (tertiary/aromatic N) is 2. The minimum absolute atomic E-state index is 0.0223. The molecule has 0 amide bonds. The number of aromatic hydroxyl groups is 2. The average Bonchev–Trinajstić information content (AvgIpc) is 3.81. The van der Waals surface area contributed by atoms with Gasteiger partial charge < -0.3 is 24.1 Å². The molecule has 63 heavy (non-hydrogen) atoms. The van der Waals surface area contributed by atoms with Crippen molar-refractivity contribution in [1.29, 1.82) is 0 Å². The molecule has 0 saturated heterocycles. The van der Waals surface area contributed by atoms with E-state index in [4.69, 9.17) is 4.74 Å². The zero-order chi connectivity index (χ0) is 43.2. The summed E-state index contributed by atoms with van der Waals surface area (Å²) >= 11 is 0. The maximum absolute atomic E-state index is 12.8. The van der Waals surface area contributed by atoms with Gasteiger partial charge in [0.25, 0.3) is 0 Å². The fourth-order valence-corrected chi connectivity index (χ4v) is 10.4. The van der Waals surface area contributed by atoms with Crippen LogP contribution in [0, 0.1) is 13.8 Å². The normalized spacial score (nSPS) is 11.8. The Morgan fingerprint density at radius 2 is 0.873 bits per heavy atom. The Morgan fingerprint density at radius 1 is 0.460 bits per heavy atom. The standard InChI is InChI=1S/C57H51N2O3P/c1-37-30-45(55(60)53(32-37)58-49-24-12-8-20-41(49)42-21-9-13-25-50(42)58)47-35-40(34-39-18-6-5-7-19-39)36-48(57(47)62-28-16-17-29-63(3)4)46-31-38(2)33-54(56(46)61)59-51-26-14-10-22-43(51)44-23-11-15-27-52(44)59/h5-15,18-27,30-33,35-36,60-61H,16-17,28-29,34H2,1-4H3. The van der Waals surface area contributed by atoms with Gasteiger partial charge >= 0.3 is 0 Å². The number of hydrogen-bond acceptors (Lipinski definition) is 3. The molecule has 2 N–H and O–H groups in total. The van der Waals surface area contributed by atoms with Crippen molar-refractivity contribution in [1.82, 2.24) is 9.13 Å². The summed E-state index contributed by atoms with van der Waals surface area (Å²) in [6, 6.07) is 56.7. The SMILES string of the molecule is Cc1cc(-c2cc(Cc3ccccc3)cc(-c3cc(C)cc(-n4c5ccccc5c5ccccc54)c3O)c2OCCCCP(C)C)c(O)c(-n2c3ccccc3c3ccccc32)c1. The Labute approximate surface area is 370 Å². The molecule has 6 heteroatoms. The van der Waals surface area contributed by atoms with Gasteiger partial charge in [-0.25, -0.2) is 0 Å². The smallest absolute Gasteiger partial charge is 0.147 e. The summed E-state index contributed by atoms with van der Waals surface area (Å²) < 4.78 is 11.4. The van der Waals surface area contributed by atoms with Gasteiger partial charge in [0.2, 0.25) is 0 Å². The molecule has 10 rings (SSSR count). The van der Waals surface area contributed by atoms with E-state index in [-0.39, 0.29) is 19.4 Å². The molecule has 2 heterocycles. The summed E-state index contributed by atoms with van der Waals surface area (Å²) in [4.78, 5) is 0. The zero-order valence-corrected chi connectivity index (χ0v) is 37.2. The molecular weight excluding hydrogens is 792 g/mol. The molecule has 0 atom stereocenters. The van der Waals surface area contributed by atoms with E-state index in [1.807, 2.05) is 6.07 Å². The minimum Gasteiger partial charge on any atom is -0.505 e. The Balaban J connectivity index is 1.24. The molecule has 0 radical (unpaired) electrons. The lowest BCUT2D eigenvalue weighted by molar-refractivity contribution is 0.312. The topological polar surface area (TPSA) is 59.6 Å². The Kier molecular flexibility index (Phi) is 10.7. The molecule has 0 unspecified atom stereocenters. The van der Waals surface area contributed by atoms with E-state index >= 15 is 0 Å². The largest absolute Gasteiger partial charge is 0.505 e.